The van der Waals surface area contributed by atoms with Crippen molar-refractivity contribution in [2.45, 2.75) is 19.9 Å². The molecule has 5 nitrogen and oxygen atoms in total. The summed E-state index contributed by atoms with van der Waals surface area (Å²) in [7, 11) is 4.04. The average molecular weight is 318 g/mol. The number of hydrogen-bond acceptors (Lipinski definition) is 4. The van der Waals surface area contributed by atoms with Gasteiger partial charge in [-0.05, 0) is 31.0 Å². The molecule has 0 spiro atoms. The van der Waals surface area contributed by atoms with Gasteiger partial charge in [0.05, 0.1) is 6.54 Å². The Bertz CT molecular complexity index is 607. The predicted molar refractivity (Wildman–Crippen MR) is 91.6 cm³/mol. The first-order chi connectivity index (χ1) is 10.5. The molecule has 1 aromatic carbocycles. The SMILES string of the molecule is Cc1csc(CNC(=O)NCCc2ccc(N(C)C)cc2)n1. The molecular weight excluding hydrogens is 296 g/mol. The molecule has 1 aromatic heterocycles. The van der Waals surface area contributed by atoms with E-state index in [0.29, 0.717) is 13.1 Å². The van der Waals surface area contributed by atoms with Gasteiger partial charge in [0.25, 0.3) is 0 Å². The van der Waals surface area contributed by atoms with Crippen molar-refractivity contribution in [3.05, 3.63) is 45.9 Å². The highest BCUT2D eigenvalue weighted by Gasteiger charge is 2.03. The second-order valence-corrected chi connectivity index (χ2v) is 6.25. The van der Waals surface area contributed by atoms with Crippen LogP contribution in [0.3, 0.4) is 0 Å². The molecular formula is C16H22N4OS. The van der Waals surface area contributed by atoms with Crippen LogP contribution >= 0.6 is 11.3 Å². The lowest BCUT2D eigenvalue weighted by molar-refractivity contribution is 0.240. The van der Waals surface area contributed by atoms with Crippen LogP contribution in [0, 0.1) is 6.92 Å². The van der Waals surface area contributed by atoms with Crippen LogP contribution in [0.5, 0.6) is 0 Å². The largest absolute Gasteiger partial charge is 0.378 e. The Balaban J connectivity index is 1.68. The van der Waals surface area contributed by atoms with E-state index in [1.807, 2.05) is 26.4 Å². The number of nitrogens with zero attached hydrogens (tertiary/aromatic N) is 2. The van der Waals surface area contributed by atoms with E-state index in [0.717, 1.165) is 17.1 Å². The first-order valence-corrected chi connectivity index (χ1v) is 8.11. The highest BCUT2D eigenvalue weighted by atomic mass is 32.1. The second kappa shape index (κ2) is 7.79. The summed E-state index contributed by atoms with van der Waals surface area (Å²) in [5.41, 5.74) is 3.37. The zero-order valence-corrected chi connectivity index (χ0v) is 14.0. The monoisotopic (exact) mass is 318 g/mol. The molecule has 22 heavy (non-hydrogen) atoms. The summed E-state index contributed by atoms with van der Waals surface area (Å²) in [6.45, 7) is 3.04. The van der Waals surface area contributed by atoms with Gasteiger partial charge >= 0.3 is 6.03 Å². The highest BCUT2D eigenvalue weighted by molar-refractivity contribution is 7.09. The van der Waals surface area contributed by atoms with Crippen LogP contribution in [-0.2, 0) is 13.0 Å². The van der Waals surface area contributed by atoms with Crippen molar-refractivity contribution in [1.29, 1.82) is 0 Å². The number of nitrogens with one attached hydrogen (secondary N) is 2. The summed E-state index contributed by atoms with van der Waals surface area (Å²) in [6, 6.07) is 8.19. The number of benzene rings is 1. The number of anilines is 1. The van der Waals surface area contributed by atoms with Crippen molar-refractivity contribution in [2.75, 3.05) is 25.5 Å². The van der Waals surface area contributed by atoms with Gasteiger partial charge in [0.2, 0.25) is 0 Å². The maximum atomic E-state index is 11.7. The molecule has 0 aliphatic rings. The van der Waals surface area contributed by atoms with Crippen molar-refractivity contribution in [3.63, 3.8) is 0 Å². The van der Waals surface area contributed by atoms with Gasteiger partial charge in [-0.3, -0.25) is 0 Å². The van der Waals surface area contributed by atoms with Crippen molar-refractivity contribution in [2.24, 2.45) is 0 Å². The topological polar surface area (TPSA) is 57.3 Å². The Morgan fingerprint density at radius 2 is 1.95 bits per heavy atom. The molecule has 0 saturated carbocycles. The van der Waals surface area contributed by atoms with E-state index in [-0.39, 0.29) is 6.03 Å². The summed E-state index contributed by atoms with van der Waals surface area (Å²) in [5.74, 6) is 0. The van der Waals surface area contributed by atoms with E-state index < -0.39 is 0 Å². The molecule has 118 valence electrons. The van der Waals surface area contributed by atoms with E-state index >= 15 is 0 Å². The van der Waals surface area contributed by atoms with Crippen LogP contribution in [0.1, 0.15) is 16.3 Å². The third-order valence-corrected chi connectivity index (χ3v) is 4.19. The maximum absolute atomic E-state index is 11.7. The Hall–Kier alpha value is -2.08. The van der Waals surface area contributed by atoms with Crippen LogP contribution in [-0.4, -0.2) is 31.7 Å². The van der Waals surface area contributed by atoms with Gasteiger partial charge in [-0.1, -0.05) is 12.1 Å². The van der Waals surface area contributed by atoms with Crippen LogP contribution in [0.15, 0.2) is 29.6 Å². The molecule has 2 rings (SSSR count). The van der Waals surface area contributed by atoms with Gasteiger partial charge in [-0.15, -0.1) is 11.3 Å². The summed E-state index contributed by atoms with van der Waals surface area (Å²) >= 11 is 1.56. The molecule has 0 bridgehead atoms. The van der Waals surface area contributed by atoms with Crippen molar-refractivity contribution in [1.82, 2.24) is 15.6 Å². The van der Waals surface area contributed by atoms with E-state index in [1.54, 1.807) is 11.3 Å². The van der Waals surface area contributed by atoms with Gasteiger partial charge in [0.1, 0.15) is 5.01 Å². The minimum Gasteiger partial charge on any atom is -0.378 e. The van der Waals surface area contributed by atoms with E-state index in [1.165, 1.54) is 11.3 Å². The second-order valence-electron chi connectivity index (χ2n) is 5.30. The molecule has 0 saturated heterocycles. The minimum atomic E-state index is -0.155. The van der Waals surface area contributed by atoms with Crippen molar-refractivity contribution in [3.8, 4) is 0 Å². The number of aromatic nitrogens is 1. The van der Waals surface area contributed by atoms with Crippen molar-refractivity contribution >= 4 is 23.1 Å². The number of hydrogen-bond donors (Lipinski definition) is 2. The van der Waals surface area contributed by atoms with Crippen LogP contribution in [0.25, 0.3) is 0 Å². The molecule has 0 aliphatic carbocycles. The average Bonchev–Trinajstić information content (AvgIpc) is 2.91. The fraction of sp³-hybridized carbons (Fsp3) is 0.375. The summed E-state index contributed by atoms with van der Waals surface area (Å²) in [5, 5.41) is 8.58. The molecule has 2 N–H and O–H groups in total. The number of carbonyl (C=O) groups is 1. The van der Waals surface area contributed by atoms with Gasteiger partial charge in [0.15, 0.2) is 0 Å². The number of thiazole rings is 1. The van der Waals surface area contributed by atoms with Crippen molar-refractivity contribution < 1.29 is 4.79 Å². The van der Waals surface area contributed by atoms with Gasteiger partial charge < -0.3 is 15.5 Å². The molecule has 6 heteroatoms. The van der Waals surface area contributed by atoms with Gasteiger partial charge in [-0.25, -0.2) is 9.78 Å². The molecule has 0 fully saturated rings. The van der Waals surface area contributed by atoms with Crippen LogP contribution in [0.2, 0.25) is 0 Å². The zero-order chi connectivity index (χ0) is 15.9. The summed E-state index contributed by atoms with van der Waals surface area (Å²) in [6.07, 6.45) is 0.817. The molecule has 0 radical (unpaired) electrons. The van der Waals surface area contributed by atoms with E-state index in [4.69, 9.17) is 0 Å². The zero-order valence-electron chi connectivity index (χ0n) is 13.2. The fourth-order valence-corrected chi connectivity index (χ4v) is 2.69. The number of rotatable bonds is 6. The van der Waals surface area contributed by atoms with E-state index in [2.05, 4.69) is 44.8 Å². The van der Waals surface area contributed by atoms with Gasteiger partial charge in [0, 0.05) is 37.4 Å². The van der Waals surface area contributed by atoms with Gasteiger partial charge in [-0.2, -0.15) is 0 Å². The molecule has 0 unspecified atom stereocenters. The Labute approximate surface area is 135 Å². The third kappa shape index (κ3) is 5.04. The summed E-state index contributed by atoms with van der Waals surface area (Å²) < 4.78 is 0. The number of aryl methyl sites for hydroxylation is 1. The number of amides is 2. The lowest BCUT2D eigenvalue weighted by Crippen LogP contribution is -2.36. The molecule has 0 atom stereocenters. The molecule has 2 aromatic rings. The molecule has 0 aliphatic heterocycles. The first kappa shape index (κ1) is 16.3. The Kier molecular flexibility index (Phi) is 5.77. The fourth-order valence-electron chi connectivity index (χ4n) is 1.98. The predicted octanol–water partition coefficient (Wildman–Crippen LogP) is 2.56. The summed E-state index contributed by atoms with van der Waals surface area (Å²) in [4.78, 5) is 18.1. The molecule has 2 amide bonds. The normalized spacial score (nSPS) is 10.3. The lowest BCUT2D eigenvalue weighted by Gasteiger charge is -2.12. The number of carbonyl (C=O) groups excluding carboxylic acids is 1. The standard InChI is InChI=1S/C16H22N4OS/c1-12-11-22-15(19-12)10-18-16(21)17-9-8-13-4-6-14(7-5-13)20(2)3/h4-7,11H,8-10H2,1-3H3,(H2,17,18,21). The minimum absolute atomic E-state index is 0.155. The Morgan fingerprint density at radius 1 is 1.23 bits per heavy atom. The lowest BCUT2D eigenvalue weighted by atomic mass is 10.1. The third-order valence-electron chi connectivity index (χ3n) is 3.22. The first-order valence-electron chi connectivity index (χ1n) is 7.23. The molecule has 1 heterocycles. The quantitative estimate of drug-likeness (QED) is 0.860. The van der Waals surface area contributed by atoms with Crippen LogP contribution < -0.4 is 15.5 Å². The number of urea groups is 1. The van der Waals surface area contributed by atoms with Crippen LogP contribution in [0.4, 0.5) is 10.5 Å². The smallest absolute Gasteiger partial charge is 0.315 e. The highest BCUT2D eigenvalue weighted by Crippen LogP contribution is 2.12. The Morgan fingerprint density at radius 3 is 2.55 bits per heavy atom. The maximum Gasteiger partial charge on any atom is 0.315 e. The van der Waals surface area contributed by atoms with E-state index in [9.17, 15) is 4.79 Å².